The van der Waals surface area contributed by atoms with Crippen LogP contribution in [0.1, 0.15) is 16.8 Å². The molecule has 6 nitrogen and oxygen atoms in total. The first-order valence-corrected chi connectivity index (χ1v) is 11.0. The Labute approximate surface area is 190 Å². The summed E-state index contributed by atoms with van der Waals surface area (Å²) in [4.78, 5) is 21.0. The number of ether oxygens (including phenoxy) is 2. The smallest absolute Gasteiger partial charge is 0.226 e. The van der Waals surface area contributed by atoms with Crippen LogP contribution in [0.25, 0.3) is 10.6 Å². The molecule has 0 aliphatic rings. The van der Waals surface area contributed by atoms with Crippen molar-refractivity contribution in [1.82, 2.24) is 15.3 Å². The number of amides is 1. The van der Waals surface area contributed by atoms with Crippen molar-refractivity contribution in [3.8, 4) is 22.1 Å². The molecule has 0 spiro atoms. The highest BCUT2D eigenvalue weighted by molar-refractivity contribution is 7.13. The molecule has 4 rings (SSSR count). The van der Waals surface area contributed by atoms with Crippen LogP contribution in [0.4, 0.5) is 0 Å². The van der Waals surface area contributed by atoms with Crippen LogP contribution in [0.15, 0.2) is 78.4 Å². The predicted octanol–water partition coefficient (Wildman–Crippen LogP) is 4.65. The number of thiazole rings is 1. The van der Waals surface area contributed by atoms with E-state index in [1.54, 1.807) is 30.8 Å². The molecule has 0 unspecified atom stereocenters. The zero-order chi connectivity index (χ0) is 22.2. The molecule has 0 saturated carbocycles. The van der Waals surface area contributed by atoms with Crippen LogP contribution in [0, 0.1) is 0 Å². The summed E-state index contributed by atoms with van der Waals surface area (Å²) in [5, 5.41) is 5.80. The third kappa shape index (κ3) is 5.70. The molecule has 1 N–H and O–H groups in total. The van der Waals surface area contributed by atoms with E-state index in [2.05, 4.69) is 15.3 Å². The molecule has 0 radical (unpaired) electrons. The number of nitrogens with one attached hydrogen (secondary N) is 1. The highest BCUT2D eigenvalue weighted by Crippen LogP contribution is 2.29. The Morgan fingerprint density at radius 1 is 1.00 bits per heavy atom. The molecule has 0 saturated heterocycles. The molecule has 32 heavy (non-hydrogen) atoms. The normalized spacial score (nSPS) is 10.5. The van der Waals surface area contributed by atoms with Crippen LogP contribution in [-0.2, 0) is 24.4 Å². The first kappa shape index (κ1) is 21.5. The minimum absolute atomic E-state index is 0.0770. The summed E-state index contributed by atoms with van der Waals surface area (Å²) >= 11 is 1.54. The Morgan fingerprint density at radius 2 is 1.81 bits per heavy atom. The Kier molecular flexibility index (Phi) is 7.09. The second kappa shape index (κ2) is 10.5. The first-order valence-electron chi connectivity index (χ1n) is 10.2. The number of pyridine rings is 1. The van der Waals surface area contributed by atoms with Crippen molar-refractivity contribution in [2.75, 3.05) is 7.11 Å². The van der Waals surface area contributed by atoms with Crippen molar-refractivity contribution in [2.24, 2.45) is 0 Å². The van der Waals surface area contributed by atoms with Crippen LogP contribution in [0.2, 0.25) is 0 Å². The van der Waals surface area contributed by atoms with E-state index < -0.39 is 0 Å². The maximum absolute atomic E-state index is 12.4. The van der Waals surface area contributed by atoms with Crippen LogP contribution >= 0.6 is 11.3 Å². The Morgan fingerprint density at radius 3 is 2.59 bits per heavy atom. The maximum Gasteiger partial charge on any atom is 0.226 e. The monoisotopic (exact) mass is 445 g/mol. The third-order valence-corrected chi connectivity index (χ3v) is 5.72. The highest BCUT2D eigenvalue weighted by atomic mass is 32.1. The number of nitrogens with zero attached hydrogens (tertiary/aromatic N) is 2. The van der Waals surface area contributed by atoms with Crippen molar-refractivity contribution in [2.45, 2.75) is 19.6 Å². The number of carbonyl (C=O) groups excluding carboxylic acids is 1. The Bertz CT molecular complexity index is 1160. The van der Waals surface area contributed by atoms with E-state index in [1.807, 2.05) is 66.0 Å². The maximum atomic E-state index is 12.4. The van der Waals surface area contributed by atoms with E-state index in [-0.39, 0.29) is 12.3 Å². The molecule has 0 aliphatic carbocycles. The van der Waals surface area contributed by atoms with E-state index in [0.29, 0.717) is 24.7 Å². The Balaban J connectivity index is 1.31. The molecule has 7 heteroatoms. The van der Waals surface area contributed by atoms with Crippen molar-refractivity contribution in [3.05, 3.63) is 95.3 Å². The minimum Gasteiger partial charge on any atom is -0.493 e. The largest absolute Gasteiger partial charge is 0.493 e. The van der Waals surface area contributed by atoms with Crippen LogP contribution in [0.3, 0.4) is 0 Å². The van der Waals surface area contributed by atoms with Crippen molar-refractivity contribution in [1.29, 1.82) is 0 Å². The molecule has 0 fully saturated rings. The second-order valence-corrected chi connectivity index (χ2v) is 7.95. The van der Waals surface area contributed by atoms with Gasteiger partial charge < -0.3 is 14.8 Å². The average Bonchev–Trinajstić information content (AvgIpc) is 3.31. The molecule has 4 aromatic rings. The minimum atomic E-state index is -0.0770. The summed E-state index contributed by atoms with van der Waals surface area (Å²) in [6.45, 7) is 0.823. The molecule has 2 heterocycles. The molecular formula is C25H23N3O3S. The van der Waals surface area contributed by atoms with Gasteiger partial charge in [-0.25, -0.2) is 4.98 Å². The number of aromatic nitrogens is 2. The van der Waals surface area contributed by atoms with Gasteiger partial charge >= 0.3 is 0 Å². The van der Waals surface area contributed by atoms with Crippen LogP contribution in [0.5, 0.6) is 11.5 Å². The fraction of sp³-hybridized carbons (Fsp3) is 0.160. The Hall–Kier alpha value is -3.71. The lowest BCUT2D eigenvalue weighted by molar-refractivity contribution is -0.120. The number of rotatable bonds is 9. The lowest BCUT2D eigenvalue weighted by atomic mass is 10.2. The first-order chi connectivity index (χ1) is 15.7. The van der Waals surface area contributed by atoms with E-state index >= 15 is 0 Å². The number of benzene rings is 2. The van der Waals surface area contributed by atoms with Gasteiger partial charge in [-0.1, -0.05) is 36.4 Å². The SMILES string of the molecule is COc1cc(CNC(=O)Cc2csc(-c3ccccc3)n2)ccc1OCc1ccncc1. The molecule has 1 amide bonds. The standard InChI is InChI=1S/C25H23N3O3S/c1-30-23-13-19(7-8-22(23)31-16-18-9-11-26-12-10-18)15-27-24(29)14-21-17-32-25(28-21)20-5-3-2-4-6-20/h2-13,17H,14-16H2,1H3,(H,27,29). The summed E-state index contributed by atoms with van der Waals surface area (Å²) in [7, 11) is 1.60. The molecule has 0 bridgehead atoms. The summed E-state index contributed by atoms with van der Waals surface area (Å²) in [6, 6.07) is 19.4. The van der Waals surface area contributed by atoms with Gasteiger partial charge in [0.2, 0.25) is 5.91 Å². The van der Waals surface area contributed by atoms with Crippen molar-refractivity contribution in [3.63, 3.8) is 0 Å². The van der Waals surface area contributed by atoms with Gasteiger partial charge in [0.15, 0.2) is 11.5 Å². The van der Waals surface area contributed by atoms with Gasteiger partial charge in [0.25, 0.3) is 0 Å². The molecule has 2 aromatic heterocycles. The summed E-state index contributed by atoms with van der Waals surface area (Å²) < 4.78 is 11.3. The van der Waals surface area contributed by atoms with Gasteiger partial charge in [-0.15, -0.1) is 11.3 Å². The lowest BCUT2D eigenvalue weighted by Gasteiger charge is -2.12. The third-order valence-electron chi connectivity index (χ3n) is 4.78. The average molecular weight is 446 g/mol. The van der Waals surface area contributed by atoms with Gasteiger partial charge in [-0.3, -0.25) is 9.78 Å². The summed E-state index contributed by atoms with van der Waals surface area (Å²) in [6.07, 6.45) is 3.71. The van der Waals surface area contributed by atoms with Gasteiger partial charge in [-0.05, 0) is 35.4 Å². The molecule has 0 atom stereocenters. The van der Waals surface area contributed by atoms with Crippen molar-refractivity contribution < 1.29 is 14.3 Å². The highest BCUT2D eigenvalue weighted by Gasteiger charge is 2.11. The van der Waals surface area contributed by atoms with Gasteiger partial charge in [-0.2, -0.15) is 0 Å². The van der Waals surface area contributed by atoms with Gasteiger partial charge in [0, 0.05) is 29.9 Å². The van der Waals surface area contributed by atoms with E-state index in [0.717, 1.165) is 27.4 Å². The topological polar surface area (TPSA) is 73.3 Å². The van der Waals surface area contributed by atoms with E-state index in [4.69, 9.17) is 9.47 Å². The van der Waals surface area contributed by atoms with E-state index in [9.17, 15) is 4.79 Å². The van der Waals surface area contributed by atoms with Gasteiger partial charge in [0.1, 0.15) is 11.6 Å². The molecule has 162 valence electrons. The molecule has 0 aliphatic heterocycles. The number of hydrogen-bond donors (Lipinski definition) is 1. The summed E-state index contributed by atoms with van der Waals surface area (Å²) in [5.41, 5.74) is 3.77. The fourth-order valence-electron chi connectivity index (χ4n) is 3.11. The second-order valence-electron chi connectivity index (χ2n) is 7.09. The quantitative estimate of drug-likeness (QED) is 0.406. The zero-order valence-electron chi connectivity index (χ0n) is 17.7. The van der Waals surface area contributed by atoms with Crippen LogP contribution in [-0.4, -0.2) is 23.0 Å². The predicted molar refractivity (Wildman–Crippen MR) is 125 cm³/mol. The summed E-state index contributed by atoms with van der Waals surface area (Å²) in [5.74, 6) is 1.19. The van der Waals surface area contributed by atoms with Gasteiger partial charge in [0.05, 0.1) is 19.2 Å². The number of methoxy groups -OCH3 is 1. The fourth-order valence-corrected chi connectivity index (χ4v) is 3.94. The van der Waals surface area contributed by atoms with Crippen LogP contribution < -0.4 is 14.8 Å². The van der Waals surface area contributed by atoms with E-state index in [1.165, 1.54) is 0 Å². The molecule has 2 aromatic carbocycles. The number of carbonyl (C=O) groups is 1. The van der Waals surface area contributed by atoms with Crippen molar-refractivity contribution >= 4 is 17.2 Å². The number of hydrogen-bond acceptors (Lipinski definition) is 6. The zero-order valence-corrected chi connectivity index (χ0v) is 18.5. The lowest BCUT2D eigenvalue weighted by Crippen LogP contribution is -2.24. The molecular weight excluding hydrogens is 422 g/mol.